The number of nitrogens with one attached hydrogen (secondary N) is 1. The summed E-state index contributed by atoms with van der Waals surface area (Å²) in [4.78, 5) is 20.2. The van der Waals surface area contributed by atoms with Crippen LogP contribution < -0.4 is 5.32 Å². The Morgan fingerprint density at radius 2 is 2.00 bits per heavy atom. The molecule has 1 aromatic heterocycles. The first-order valence-corrected chi connectivity index (χ1v) is 6.90. The molecule has 0 bridgehead atoms. The number of halogens is 1. The van der Waals surface area contributed by atoms with Gasteiger partial charge in [0.05, 0.1) is 5.56 Å². The Labute approximate surface area is 118 Å². The van der Waals surface area contributed by atoms with Crippen LogP contribution in [0.5, 0.6) is 0 Å². The van der Waals surface area contributed by atoms with Crippen LogP contribution in [0, 0.1) is 5.82 Å². The molecule has 0 aromatic carbocycles. The Bertz CT molecular complexity index is 484. The van der Waals surface area contributed by atoms with E-state index in [-0.39, 0.29) is 17.3 Å². The molecule has 20 heavy (non-hydrogen) atoms. The second-order valence-corrected chi connectivity index (χ2v) is 5.19. The molecule has 0 unspecified atom stereocenters. The van der Waals surface area contributed by atoms with Crippen LogP contribution in [0.3, 0.4) is 0 Å². The van der Waals surface area contributed by atoms with Gasteiger partial charge >= 0.3 is 0 Å². The number of rotatable bonds is 3. The largest absolute Gasteiger partial charge is 0.371 e. The van der Waals surface area contributed by atoms with E-state index in [4.69, 9.17) is 0 Å². The fourth-order valence-corrected chi connectivity index (χ4v) is 2.39. The molecule has 110 valence electrons. The van der Waals surface area contributed by atoms with E-state index in [2.05, 4.69) is 29.0 Å². The number of anilines is 1. The van der Waals surface area contributed by atoms with E-state index in [1.165, 1.54) is 12.3 Å². The van der Waals surface area contributed by atoms with Crippen molar-refractivity contribution in [2.24, 2.45) is 0 Å². The first-order chi connectivity index (χ1) is 9.54. The van der Waals surface area contributed by atoms with Crippen LogP contribution in [0.4, 0.5) is 10.2 Å². The summed E-state index contributed by atoms with van der Waals surface area (Å²) < 4.78 is 14.1. The minimum Gasteiger partial charge on any atom is -0.371 e. The summed E-state index contributed by atoms with van der Waals surface area (Å²) >= 11 is 0. The van der Waals surface area contributed by atoms with E-state index < -0.39 is 5.82 Å². The van der Waals surface area contributed by atoms with Gasteiger partial charge in [-0.25, -0.2) is 9.37 Å². The van der Waals surface area contributed by atoms with Gasteiger partial charge in [-0.3, -0.25) is 9.69 Å². The molecule has 1 aliphatic rings. The Hall–Kier alpha value is -1.69. The first-order valence-electron chi connectivity index (χ1n) is 6.90. The first kappa shape index (κ1) is 14.7. The molecule has 1 amide bonds. The third kappa shape index (κ3) is 2.90. The lowest BCUT2D eigenvalue weighted by atomic mass is 10.2. The minimum absolute atomic E-state index is 0.0855. The van der Waals surface area contributed by atoms with Crippen molar-refractivity contribution >= 4 is 11.7 Å². The lowest BCUT2D eigenvalue weighted by Crippen LogP contribution is -2.50. The predicted octanol–water partition coefficient (Wildman–Crippen LogP) is 1.43. The van der Waals surface area contributed by atoms with Crippen molar-refractivity contribution in [3.05, 3.63) is 23.6 Å². The maximum atomic E-state index is 14.1. The van der Waals surface area contributed by atoms with E-state index in [0.29, 0.717) is 19.1 Å². The lowest BCUT2D eigenvalue weighted by Gasteiger charge is -2.37. The summed E-state index contributed by atoms with van der Waals surface area (Å²) in [5.74, 6) is -0.729. The zero-order valence-electron chi connectivity index (χ0n) is 12.2. The molecule has 0 spiro atoms. The van der Waals surface area contributed by atoms with Gasteiger partial charge < -0.3 is 10.2 Å². The normalized spacial score (nSPS) is 16.6. The molecule has 0 radical (unpaired) electrons. The number of hydrogen-bond donors (Lipinski definition) is 1. The highest BCUT2D eigenvalue weighted by molar-refractivity contribution is 5.95. The standard InChI is InChI=1S/C14H21FN4O/c1-10(2)18-6-8-19(9-7-18)14(20)11-4-5-17-13(16-3)12(11)15/h4-5,10H,6-9H2,1-3H3,(H,16,17). The minimum atomic E-state index is -0.578. The zero-order valence-corrected chi connectivity index (χ0v) is 12.2. The SMILES string of the molecule is CNc1nccc(C(=O)N2CCN(C(C)C)CC2)c1F. The van der Waals surface area contributed by atoms with Crippen molar-refractivity contribution in [2.45, 2.75) is 19.9 Å². The van der Waals surface area contributed by atoms with Crippen LogP contribution in [0.1, 0.15) is 24.2 Å². The van der Waals surface area contributed by atoms with Gasteiger partial charge in [-0.2, -0.15) is 0 Å². The fraction of sp³-hybridized carbons (Fsp3) is 0.571. The molecule has 5 nitrogen and oxygen atoms in total. The smallest absolute Gasteiger partial charge is 0.257 e. The highest BCUT2D eigenvalue weighted by atomic mass is 19.1. The van der Waals surface area contributed by atoms with Crippen LogP contribution >= 0.6 is 0 Å². The third-order valence-electron chi connectivity index (χ3n) is 3.69. The van der Waals surface area contributed by atoms with Crippen molar-refractivity contribution in [3.63, 3.8) is 0 Å². The number of nitrogens with zero attached hydrogens (tertiary/aromatic N) is 3. The van der Waals surface area contributed by atoms with Gasteiger partial charge in [0.1, 0.15) is 0 Å². The summed E-state index contributed by atoms with van der Waals surface area (Å²) in [6, 6.07) is 1.91. The summed E-state index contributed by atoms with van der Waals surface area (Å²) in [5.41, 5.74) is 0.0855. The van der Waals surface area contributed by atoms with Gasteiger partial charge in [-0.15, -0.1) is 0 Å². The number of hydrogen-bond acceptors (Lipinski definition) is 4. The second-order valence-electron chi connectivity index (χ2n) is 5.19. The van der Waals surface area contributed by atoms with Crippen molar-refractivity contribution < 1.29 is 9.18 Å². The number of aromatic nitrogens is 1. The maximum Gasteiger partial charge on any atom is 0.257 e. The molecule has 2 heterocycles. The van der Waals surface area contributed by atoms with E-state index in [1.54, 1.807) is 11.9 Å². The van der Waals surface area contributed by atoms with Crippen LogP contribution in [-0.4, -0.2) is 60.0 Å². The molecular formula is C14H21FN4O. The van der Waals surface area contributed by atoms with Gasteiger partial charge in [-0.05, 0) is 19.9 Å². The van der Waals surface area contributed by atoms with Crippen molar-refractivity contribution in [1.29, 1.82) is 0 Å². The molecule has 1 aliphatic heterocycles. The highest BCUT2D eigenvalue weighted by Crippen LogP contribution is 2.17. The van der Waals surface area contributed by atoms with Gasteiger partial charge in [0.25, 0.3) is 5.91 Å². The Morgan fingerprint density at radius 3 is 2.55 bits per heavy atom. The summed E-state index contributed by atoms with van der Waals surface area (Å²) in [7, 11) is 1.58. The van der Waals surface area contributed by atoms with E-state index in [1.807, 2.05) is 0 Å². The van der Waals surface area contributed by atoms with Gasteiger partial charge in [0, 0.05) is 45.5 Å². The van der Waals surface area contributed by atoms with Crippen LogP contribution in [0.15, 0.2) is 12.3 Å². The molecule has 0 atom stereocenters. The number of carbonyl (C=O) groups excluding carboxylic acids is 1. The Morgan fingerprint density at radius 1 is 1.35 bits per heavy atom. The molecular weight excluding hydrogens is 259 g/mol. The van der Waals surface area contributed by atoms with Crippen molar-refractivity contribution in [3.8, 4) is 0 Å². The lowest BCUT2D eigenvalue weighted by molar-refractivity contribution is 0.0591. The van der Waals surface area contributed by atoms with Gasteiger partial charge in [-0.1, -0.05) is 0 Å². The van der Waals surface area contributed by atoms with Gasteiger partial charge in [0.15, 0.2) is 11.6 Å². The topological polar surface area (TPSA) is 48.5 Å². The van der Waals surface area contributed by atoms with Crippen molar-refractivity contribution in [2.75, 3.05) is 38.5 Å². The average Bonchev–Trinajstić information content (AvgIpc) is 2.47. The highest BCUT2D eigenvalue weighted by Gasteiger charge is 2.25. The third-order valence-corrected chi connectivity index (χ3v) is 3.69. The van der Waals surface area contributed by atoms with E-state index in [9.17, 15) is 9.18 Å². The Kier molecular flexibility index (Phi) is 4.54. The second kappa shape index (κ2) is 6.17. The number of carbonyl (C=O) groups is 1. The molecule has 2 rings (SSSR count). The van der Waals surface area contributed by atoms with Crippen LogP contribution in [0.25, 0.3) is 0 Å². The van der Waals surface area contributed by atoms with Crippen LogP contribution in [0.2, 0.25) is 0 Å². The van der Waals surface area contributed by atoms with Crippen molar-refractivity contribution in [1.82, 2.24) is 14.8 Å². The summed E-state index contributed by atoms with van der Waals surface area (Å²) in [6.07, 6.45) is 1.45. The van der Waals surface area contributed by atoms with E-state index in [0.717, 1.165) is 13.1 Å². The quantitative estimate of drug-likeness (QED) is 0.910. The molecule has 6 heteroatoms. The summed E-state index contributed by atoms with van der Waals surface area (Å²) in [6.45, 7) is 7.20. The van der Waals surface area contributed by atoms with Crippen LogP contribution in [-0.2, 0) is 0 Å². The average molecular weight is 280 g/mol. The predicted molar refractivity (Wildman–Crippen MR) is 76.4 cm³/mol. The van der Waals surface area contributed by atoms with Gasteiger partial charge in [0.2, 0.25) is 0 Å². The maximum absolute atomic E-state index is 14.1. The molecule has 0 aliphatic carbocycles. The molecule has 0 saturated carbocycles. The van der Waals surface area contributed by atoms with E-state index >= 15 is 0 Å². The number of amides is 1. The molecule has 1 aromatic rings. The zero-order chi connectivity index (χ0) is 14.7. The summed E-state index contributed by atoms with van der Waals surface area (Å²) in [5, 5.41) is 2.65. The molecule has 1 N–H and O–H groups in total. The number of piperazine rings is 1. The monoisotopic (exact) mass is 280 g/mol. The molecule has 1 saturated heterocycles. The Balaban J connectivity index is 2.09. The molecule has 1 fully saturated rings. The fourth-order valence-electron chi connectivity index (χ4n) is 2.39. The number of pyridine rings is 1.